The van der Waals surface area contributed by atoms with Crippen molar-refractivity contribution >= 4 is 11.6 Å². The molecule has 3 heterocycles. The van der Waals surface area contributed by atoms with Gasteiger partial charge in [0.15, 0.2) is 0 Å². The summed E-state index contributed by atoms with van der Waals surface area (Å²) in [6.07, 6.45) is 7.33. The largest absolute Gasteiger partial charge is 0.474 e. The number of pyridine rings is 1. The molecule has 142 valence electrons. The Morgan fingerprint density at radius 3 is 2.64 bits per heavy atom. The highest BCUT2D eigenvalue weighted by Gasteiger charge is 2.49. The fourth-order valence-electron chi connectivity index (χ4n) is 4.94. The van der Waals surface area contributed by atoms with E-state index in [1.54, 1.807) is 6.20 Å². The summed E-state index contributed by atoms with van der Waals surface area (Å²) in [6, 6.07) is 12.0. The van der Waals surface area contributed by atoms with Crippen LogP contribution in [0.15, 0.2) is 42.6 Å². The van der Waals surface area contributed by atoms with Crippen molar-refractivity contribution in [3.8, 4) is 11.6 Å². The van der Waals surface area contributed by atoms with Gasteiger partial charge in [0.05, 0.1) is 5.69 Å². The number of rotatable bonds is 3. The van der Waals surface area contributed by atoms with Gasteiger partial charge in [0, 0.05) is 29.1 Å². The molecule has 2 unspecified atom stereocenters. The monoisotopic (exact) mass is 392 g/mol. The molecular weight excluding hydrogens is 372 g/mol. The molecule has 2 aromatic heterocycles. The fraction of sp³-hybridized carbons (Fsp3) is 0.409. The summed E-state index contributed by atoms with van der Waals surface area (Å²) < 4.78 is 8.38. The number of halogens is 1. The molecule has 2 aliphatic carbocycles. The summed E-state index contributed by atoms with van der Waals surface area (Å²) in [5.74, 6) is 4.47. The Hall–Kier alpha value is -2.40. The number of ether oxygens (including phenoxy) is 1. The average molecular weight is 393 g/mol. The number of nitrogens with zero attached hydrogens (tertiary/aromatic N) is 4. The van der Waals surface area contributed by atoms with E-state index in [0.717, 1.165) is 54.7 Å². The standard InChI is InChI=1S/C22H21ClN4O/c23-14-6-9-19-17(11-14)16-12-18(16)22-26-25-21(27(19)22)13-4-7-15(8-5-13)28-20-3-1-2-10-24-20/h1-3,6,9-11,13,15-16,18H,4-5,7-8,12H2. The van der Waals surface area contributed by atoms with E-state index in [1.807, 2.05) is 24.3 Å². The van der Waals surface area contributed by atoms with Crippen molar-refractivity contribution in [2.45, 2.75) is 56.0 Å². The molecular formula is C22H21ClN4O. The van der Waals surface area contributed by atoms with Gasteiger partial charge in [-0.05, 0) is 67.9 Å². The third-order valence-corrected chi connectivity index (χ3v) is 6.66. The second kappa shape index (κ2) is 6.31. The van der Waals surface area contributed by atoms with E-state index >= 15 is 0 Å². The van der Waals surface area contributed by atoms with Crippen LogP contribution in [0.1, 0.15) is 67.1 Å². The maximum absolute atomic E-state index is 6.27. The van der Waals surface area contributed by atoms with Gasteiger partial charge >= 0.3 is 0 Å². The van der Waals surface area contributed by atoms with Crippen LogP contribution in [0.3, 0.4) is 0 Å². The molecule has 0 spiro atoms. The van der Waals surface area contributed by atoms with Crippen LogP contribution < -0.4 is 4.74 Å². The van der Waals surface area contributed by atoms with E-state index in [2.05, 4.69) is 31.9 Å². The highest BCUT2D eigenvalue weighted by atomic mass is 35.5. The zero-order valence-electron chi connectivity index (χ0n) is 15.5. The molecule has 2 atom stereocenters. The van der Waals surface area contributed by atoms with Crippen LogP contribution in [0.2, 0.25) is 5.02 Å². The predicted molar refractivity (Wildman–Crippen MR) is 106 cm³/mol. The lowest BCUT2D eigenvalue weighted by atomic mass is 9.86. The first-order chi connectivity index (χ1) is 13.8. The first-order valence-electron chi connectivity index (χ1n) is 10.1. The highest BCUT2D eigenvalue weighted by molar-refractivity contribution is 6.30. The summed E-state index contributed by atoms with van der Waals surface area (Å²) in [4.78, 5) is 4.29. The molecule has 0 radical (unpaired) electrons. The van der Waals surface area contributed by atoms with E-state index < -0.39 is 0 Å². The number of fused-ring (bicyclic) bond motifs is 6. The van der Waals surface area contributed by atoms with E-state index in [-0.39, 0.29) is 6.10 Å². The first kappa shape index (κ1) is 16.5. The molecule has 0 N–H and O–H groups in total. The van der Waals surface area contributed by atoms with Crippen LogP contribution in [-0.2, 0) is 0 Å². The van der Waals surface area contributed by atoms with E-state index in [4.69, 9.17) is 16.3 Å². The zero-order valence-corrected chi connectivity index (χ0v) is 16.2. The van der Waals surface area contributed by atoms with Crippen molar-refractivity contribution in [3.05, 3.63) is 64.8 Å². The summed E-state index contributed by atoms with van der Waals surface area (Å²) in [7, 11) is 0. The first-order valence-corrected chi connectivity index (χ1v) is 10.5. The van der Waals surface area contributed by atoms with Gasteiger partial charge in [-0.15, -0.1) is 10.2 Å². The Labute approximate surface area is 168 Å². The Bertz CT molecular complexity index is 1030. The molecule has 1 aromatic carbocycles. The predicted octanol–water partition coefficient (Wildman–Crippen LogP) is 5.01. The quantitative estimate of drug-likeness (QED) is 0.629. The molecule has 0 saturated heterocycles. The van der Waals surface area contributed by atoms with Crippen molar-refractivity contribution < 1.29 is 4.74 Å². The Morgan fingerprint density at radius 1 is 0.964 bits per heavy atom. The summed E-state index contributed by atoms with van der Waals surface area (Å²) in [5.41, 5.74) is 2.59. The van der Waals surface area contributed by atoms with Crippen molar-refractivity contribution in [2.24, 2.45) is 0 Å². The second-order valence-corrected chi connectivity index (χ2v) is 8.60. The molecule has 28 heavy (non-hydrogen) atoms. The van der Waals surface area contributed by atoms with Gasteiger partial charge in [0.1, 0.15) is 17.8 Å². The van der Waals surface area contributed by atoms with Crippen LogP contribution in [0, 0.1) is 0 Å². The Kier molecular flexibility index (Phi) is 3.73. The summed E-state index contributed by atoms with van der Waals surface area (Å²) >= 11 is 6.27. The summed E-state index contributed by atoms with van der Waals surface area (Å²) in [5, 5.41) is 10.1. The zero-order chi connectivity index (χ0) is 18.7. The second-order valence-electron chi connectivity index (χ2n) is 8.16. The number of aromatic nitrogens is 4. The minimum atomic E-state index is 0.230. The smallest absolute Gasteiger partial charge is 0.213 e. The molecule has 6 heteroatoms. The molecule has 0 amide bonds. The molecule has 6 rings (SSSR count). The fourth-order valence-corrected chi connectivity index (χ4v) is 5.12. The van der Waals surface area contributed by atoms with Crippen molar-refractivity contribution in [1.29, 1.82) is 0 Å². The van der Waals surface area contributed by atoms with Crippen molar-refractivity contribution in [2.75, 3.05) is 0 Å². The van der Waals surface area contributed by atoms with Crippen molar-refractivity contribution in [3.63, 3.8) is 0 Å². The van der Waals surface area contributed by atoms with Crippen molar-refractivity contribution in [1.82, 2.24) is 19.7 Å². The molecule has 1 aliphatic heterocycles. The van der Waals surface area contributed by atoms with Crippen LogP contribution in [0.5, 0.6) is 5.88 Å². The van der Waals surface area contributed by atoms with E-state index in [0.29, 0.717) is 17.8 Å². The molecule has 0 bridgehead atoms. The number of benzene rings is 1. The van der Waals surface area contributed by atoms with Gasteiger partial charge in [-0.2, -0.15) is 0 Å². The Balaban J connectivity index is 1.25. The van der Waals surface area contributed by atoms with Crippen LogP contribution in [0.4, 0.5) is 0 Å². The number of hydrogen-bond acceptors (Lipinski definition) is 4. The Morgan fingerprint density at radius 2 is 1.82 bits per heavy atom. The van der Waals surface area contributed by atoms with Crippen LogP contribution in [0.25, 0.3) is 5.69 Å². The molecule has 3 aliphatic rings. The lowest BCUT2D eigenvalue weighted by Gasteiger charge is -2.29. The third kappa shape index (κ3) is 2.64. The minimum Gasteiger partial charge on any atom is -0.474 e. The molecule has 2 fully saturated rings. The van der Waals surface area contributed by atoms with Crippen LogP contribution in [-0.4, -0.2) is 25.9 Å². The lowest BCUT2D eigenvalue weighted by Crippen LogP contribution is -2.25. The number of hydrogen-bond donors (Lipinski definition) is 0. The lowest BCUT2D eigenvalue weighted by molar-refractivity contribution is 0.139. The average Bonchev–Trinajstić information content (AvgIpc) is 3.41. The van der Waals surface area contributed by atoms with Crippen LogP contribution >= 0.6 is 11.6 Å². The maximum atomic E-state index is 6.27. The molecule has 2 saturated carbocycles. The van der Waals surface area contributed by atoms with E-state index in [1.165, 1.54) is 11.3 Å². The molecule has 3 aromatic rings. The normalized spacial score (nSPS) is 27.5. The SMILES string of the molecule is Clc1ccc2c(c1)C1CC1c1nnc(C3CCC(Oc4ccccn4)CC3)n1-2. The third-order valence-electron chi connectivity index (χ3n) is 6.43. The van der Waals surface area contributed by atoms with Gasteiger partial charge in [0.2, 0.25) is 5.88 Å². The molecule has 5 nitrogen and oxygen atoms in total. The summed E-state index contributed by atoms with van der Waals surface area (Å²) in [6.45, 7) is 0. The van der Waals surface area contributed by atoms with Gasteiger partial charge < -0.3 is 4.74 Å². The van der Waals surface area contributed by atoms with Gasteiger partial charge in [-0.3, -0.25) is 4.57 Å². The topological polar surface area (TPSA) is 52.8 Å². The van der Waals surface area contributed by atoms with Gasteiger partial charge in [-0.25, -0.2) is 4.98 Å². The maximum Gasteiger partial charge on any atom is 0.213 e. The van der Waals surface area contributed by atoms with E-state index in [9.17, 15) is 0 Å². The van der Waals surface area contributed by atoms with Gasteiger partial charge in [0.25, 0.3) is 0 Å². The highest BCUT2D eigenvalue weighted by Crippen LogP contribution is 2.59. The van der Waals surface area contributed by atoms with Gasteiger partial charge in [-0.1, -0.05) is 17.7 Å². The minimum absolute atomic E-state index is 0.230.